The summed E-state index contributed by atoms with van der Waals surface area (Å²) in [5.41, 5.74) is 0. The Balaban J connectivity index is 1.76. The SMILES string of the molecule is CCOC(=O)CCCCCCN(c1ccccn1)c1nccs1. The van der Waals surface area contributed by atoms with E-state index in [1.165, 1.54) is 0 Å². The van der Waals surface area contributed by atoms with Gasteiger partial charge in [-0.2, -0.15) is 0 Å². The van der Waals surface area contributed by atoms with Crippen molar-refractivity contribution in [3.8, 4) is 0 Å². The molecule has 0 unspecified atom stereocenters. The quantitative estimate of drug-likeness (QED) is 0.482. The molecule has 2 aromatic rings. The summed E-state index contributed by atoms with van der Waals surface area (Å²) in [5.74, 6) is 0.833. The van der Waals surface area contributed by atoms with E-state index in [0.717, 1.165) is 43.2 Å². The van der Waals surface area contributed by atoms with E-state index < -0.39 is 0 Å². The smallest absolute Gasteiger partial charge is 0.305 e. The number of hydrogen-bond acceptors (Lipinski definition) is 6. The van der Waals surface area contributed by atoms with E-state index in [1.807, 2.05) is 36.7 Å². The fraction of sp³-hybridized carbons (Fsp3) is 0.471. The molecule has 0 bridgehead atoms. The second-order valence-corrected chi connectivity index (χ2v) is 6.00. The number of unbranched alkanes of at least 4 members (excludes halogenated alkanes) is 3. The zero-order chi connectivity index (χ0) is 16.3. The van der Waals surface area contributed by atoms with Gasteiger partial charge in [0.15, 0.2) is 5.13 Å². The second-order valence-electron chi connectivity index (χ2n) is 5.12. The molecular formula is C17H23N3O2S. The minimum absolute atomic E-state index is 0.0922. The Morgan fingerprint density at radius 3 is 2.74 bits per heavy atom. The molecular weight excluding hydrogens is 310 g/mol. The van der Waals surface area contributed by atoms with Gasteiger partial charge in [-0.15, -0.1) is 11.3 Å². The Bertz CT molecular complexity index is 560. The summed E-state index contributed by atoms with van der Waals surface area (Å²) in [6.45, 7) is 3.18. The van der Waals surface area contributed by atoms with Crippen molar-refractivity contribution in [2.24, 2.45) is 0 Å². The largest absolute Gasteiger partial charge is 0.466 e. The molecule has 0 radical (unpaired) electrons. The molecule has 6 heteroatoms. The first-order valence-corrected chi connectivity index (χ1v) is 8.93. The van der Waals surface area contributed by atoms with Gasteiger partial charge in [0.1, 0.15) is 5.82 Å². The van der Waals surface area contributed by atoms with E-state index in [9.17, 15) is 4.79 Å². The zero-order valence-corrected chi connectivity index (χ0v) is 14.3. The molecule has 0 atom stereocenters. The molecule has 0 aliphatic rings. The average Bonchev–Trinajstić information content (AvgIpc) is 3.09. The van der Waals surface area contributed by atoms with Gasteiger partial charge in [0.05, 0.1) is 6.61 Å². The molecule has 124 valence electrons. The molecule has 23 heavy (non-hydrogen) atoms. The Hall–Kier alpha value is -1.95. The minimum Gasteiger partial charge on any atom is -0.466 e. The number of carbonyl (C=O) groups excluding carboxylic acids is 1. The molecule has 0 saturated carbocycles. The zero-order valence-electron chi connectivity index (χ0n) is 13.5. The lowest BCUT2D eigenvalue weighted by Gasteiger charge is -2.20. The lowest BCUT2D eigenvalue weighted by Crippen LogP contribution is -2.19. The van der Waals surface area contributed by atoms with Crippen LogP contribution in [-0.4, -0.2) is 29.1 Å². The maximum atomic E-state index is 11.3. The number of nitrogens with zero attached hydrogens (tertiary/aromatic N) is 3. The molecule has 2 aromatic heterocycles. The van der Waals surface area contributed by atoms with Gasteiger partial charge >= 0.3 is 5.97 Å². The van der Waals surface area contributed by atoms with E-state index in [0.29, 0.717) is 13.0 Å². The predicted molar refractivity (Wildman–Crippen MR) is 93.1 cm³/mol. The van der Waals surface area contributed by atoms with Crippen LogP contribution in [0.5, 0.6) is 0 Å². The summed E-state index contributed by atoms with van der Waals surface area (Å²) >= 11 is 1.62. The highest BCUT2D eigenvalue weighted by Gasteiger charge is 2.12. The van der Waals surface area contributed by atoms with Crippen LogP contribution in [-0.2, 0) is 9.53 Å². The Labute approximate surface area is 141 Å². The van der Waals surface area contributed by atoms with Gasteiger partial charge < -0.3 is 9.64 Å². The van der Waals surface area contributed by atoms with Crippen molar-refractivity contribution < 1.29 is 9.53 Å². The first-order valence-electron chi connectivity index (χ1n) is 8.05. The van der Waals surface area contributed by atoms with Crippen molar-refractivity contribution in [3.63, 3.8) is 0 Å². The van der Waals surface area contributed by atoms with Crippen molar-refractivity contribution in [2.75, 3.05) is 18.1 Å². The van der Waals surface area contributed by atoms with Crippen LogP contribution in [0.15, 0.2) is 36.0 Å². The van der Waals surface area contributed by atoms with Crippen LogP contribution in [0.1, 0.15) is 39.0 Å². The van der Waals surface area contributed by atoms with E-state index in [-0.39, 0.29) is 5.97 Å². The van der Waals surface area contributed by atoms with Crippen LogP contribution < -0.4 is 4.90 Å². The summed E-state index contributed by atoms with van der Waals surface area (Å²) in [4.78, 5) is 22.2. The fourth-order valence-corrected chi connectivity index (χ4v) is 2.97. The van der Waals surface area contributed by atoms with Gasteiger partial charge in [0.2, 0.25) is 0 Å². The molecule has 0 spiro atoms. The standard InChI is InChI=1S/C17H23N3O2S/c1-2-22-16(21)10-5-3-4-8-13-20(17-19-12-14-23-17)15-9-6-7-11-18-15/h6-7,9,11-12,14H,2-5,8,10,13H2,1H3. The lowest BCUT2D eigenvalue weighted by molar-refractivity contribution is -0.143. The molecule has 2 heterocycles. The Kier molecular flexibility index (Phi) is 7.52. The molecule has 2 rings (SSSR count). The van der Waals surface area contributed by atoms with Gasteiger partial charge in [-0.3, -0.25) is 4.79 Å². The number of ether oxygens (including phenoxy) is 1. The molecule has 5 nitrogen and oxygen atoms in total. The maximum absolute atomic E-state index is 11.3. The summed E-state index contributed by atoms with van der Waals surface area (Å²) < 4.78 is 4.93. The number of carbonyl (C=O) groups is 1. The van der Waals surface area contributed by atoms with Crippen molar-refractivity contribution in [1.29, 1.82) is 0 Å². The normalized spacial score (nSPS) is 10.5. The average molecular weight is 333 g/mol. The van der Waals surface area contributed by atoms with Crippen LogP contribution in [0.3, 0.4) is 0 Å². The highest BCUT2D eigenvalue weighted by atomic mass is 32.1. The number of hydrogen-bond donors (Lipinski definition) is 0. The molecule has 0 aromatic carbocycles. The van der Waals surface area contributed by atoms with Crippen molar-refractivity contribution in [3.05, 3.63) is 36.0 Å². The van der Waals surface area contributed by atoms with Gasteiger partial charge in [0, 0.05) is 30.7 Å². The molecule has 0 amide bonds. The van der Waals surface area contributed by atoms with Gasteiger partial charge in [-0.1, -0.05) is 18.9 Å². The van der Waals surface area contributed by atoms with E-state index in [2.05, 4.69) is 14.9 Å². The third kappa shape index (κ3) is 5.98. The predicted octanol–water partition coefficient (Wildman–Crippen LogP) is 4.19. The van der Waals surface area contributed by atoms with Crippen LogP contribution >= 0.6 is 11.3 Å². The molecule has 0 aliphatic carbocycles. The van der Waals surface area contributed by atoms with Crippen LogP contribution in [0.25, 0.3) is 0 Å². The summed E-state index contributed by atoms with van der Waals surface area (Å²) in [6, 6.07) is 5.91. The minimum atomic E-state index is -0.0922. The lowest BCUT2D eigenvalue weighted by atomic mass is 10.1. The van der Waals surface area contributed by atoms with E-state index in [4.69, 9.17) is 4.74 Å². The van der Waals surface area contributed by atoms with Crippen LogP contribution in [0.4, 0.5) is 10.9 Å². The number of anilines is 2. The molecule has 0 N–H and O–H groups in total. The number of pyridine rings is 1. The van der Waals surface area contributed by atoms with Crippen molar-refractivity contribution >= 4 is 28.3 Å². The summed E-state index contributed by atoms with van der Waals surface area (Å²) in [6.07, 6.45) is 8.17. The van der Waals surface area contributed by atoms with Crippen molar-refractivity contribution in [2.45, 2.75) is 39.0 Å². The Morgan fingerprint density at radius 2 is 2.04 bits per heavy atom. The Morgan fingerprint density at radius 1 is 1.17 bits per heavy atom. The fourth-order valence-electron chi connectivity index (χ4n) is 2.30. The maximum Gasteiger partial charge on any atom is 0.305 e. The van der Waals surface area contributed by atoms with E-state index >= 15 is 0 Å². The van der Waals surface area contributed by atoms with Crippen LogP contribution in [0.2, 0.25) is 0 Å². The molecule has 0 aliphatic heterocycles. The number of thiazole rings is 1. The number of esters is 1. The highest BCUT2D eigenvalue weighted by Crippen LogP contribution is 2.25. The van der Waals surface area contributed by atoms with Gasteiger partial charge in [0.25, 0.3) is 0 Å². The second kappa shape index (κ2) is 9.94. The van der Waals surface area contributed by atoms with E-state index in [1.54, 1.807) is 17.5 Å². The van der Waals surface area contributed by atoms with Crippen LogP contribution in [0, 0.1) is 0 Å². The van der Waals surface area contributed by atoms with Gasteiger partial charge in [-0.25, -0.2) is 9.97 Å². The first kappa shape index (κ1) is 17.4. The number of aromatic nitrogens is 2. The third-order valence-electron chi connectivity index (χ3n) is 3.39. The summed E-state index contributed by atoms with van der Waals surface area (Å²) in [5, 5.41) is 2.94. The third-order valence-corrected chi connectivity index (χ3v) is 4.19. The number of rotatable bonds is 10. The first-order chi connectivity index (χ1) is 11.3. The van der Waals surface area contributed by atoms with Crippen molar-refractivity contribution in [1.82, 2.24) is 9.97 Å². The molecule has 0 saturated heterocycles. The monoisotopic (exact) mass is 333 g/mol. The summed E-state index contributed by atoms with van der Waals surface area (Å²) in [7, 11) is 0. The van der Waals surface area contributed by atoms with Gasteiger partial charge in [-0.05, 0) is 31.9 Å². The highest BCUT2D eigenvalue weighted by molar-refractivity contribution is 7.13. The topological polar surface area (TPSA) is 55.3 Å². The molecule has 0 fully saturated rings.